The van der Waals surface area contributed by atoms with E-state index in [0.717, 1.165) is 64.9 Å². The quantitative estimate of drug-likeness (QED) is 0.374. The van der Waals surface area contributed by atoms with Crippen LogP contribution in [-0.2, 0) is 0 Å². The number of carbonyl (C=O) groups is 1. The van der Waals surface area contributed by atoms with Crippen LogP contribution >= 0.6 is 11.9 Å². The van der Waals surface area contributed by atoms with Crippen LogP contribution in [0.1, 0.15) is 67.4 Å². The Morgan fingerprint density at radius 2 is 1.78 bits per heavy atom. The average molecular weight is 517 g/mol. The average Bonchev–Trinajstić information content (AvgIpc) is 3.40. The standard InChI is InChI=1S/C30H36N4O2S/c1-19(2)15-24-18-36-27-17-26(28-20(3)9-7-10-21(28)4)31-30(32-27)33-37-25-14-8-11-22(16-25)29(35)34(24)23-12-5-6-13-23/h7-11,14,16-17,19,23-24H,5-6,12-13,15,18H2,1-4H3,(H,31,32,33)/t24-/m1/s1. The largest absolute Gasteiger partial charge is 0.475 e. The smallest absolute Gasteiger partial charge is 0.254 e. The summed E-state index contributed by atoms with van der Waals surface area (Å²) in [5.74, 6) is 1.53. The van der Waals surface area contributed by atoms with Crippen molar-refractivity contribution in [3.63, 3.8) is 0 Å². The predicted molar refractivity (Wildman–Crippen MR) is 150 cm³/mol. The molecule has 1 atom stereocenters. The van der Waals surface area contributed by atoms with E-state index in [4.69, 9.17) is 14.7 Å². The van der Waals surface area contributed by atoms with Gasteiger partial charge in [0.2, 0.25) is 11.8 Å². The van der Waals surface area contributed by atoms with E-state index in [1.165, 1.54) is 11.9 Å². The number of rotatable bonds is 4. The highest BCUT2D eigenvalue weighted by Crippen LogP contribution is 2.33. The Hall–Kier alpha value is -3.06. The van der Waals surface area contributed by atoms with Crippen LogP contribution < -0.4 is 9.46 Å². The lowest BCUT2D eigenvalue weighted by atomic mass is 9.99. The highest BCUT2D eigenvalue weighted by molar-refractivity contribution is 8.00. The molecule has 194 valence electrons. The molecule has 4 bridgehead atoms. The minimum atomic E-state index is -0.0392. The first kappa shape index (κ1) is 25.6. The number of hydrogen-bond acceptors (Lipinski definition) is 6. The van der Waals surface area contributed by atoms with Crippen LogP contribution in [0, 0.1) is 19.8 Å². The number of hydrogen-bond donors (Lipinski definition) is 1. The van der Waals surface area contributed by atoms with Crippen LogP contribution in [0.5, 0.6) is 5.88 Å². The third-order valence-corrected chi connectivity index (χ3v) is 8.07. The van der Waals surface area contributed by atoms with Gasteiger partial charge in [-0.1, -0.05) is 51.0 Å². The van der Waals surface area contributed by atoms with Crippen LogP contribution in [0.4, 0.5) is 5.95 Å². The van der Waals surface area contributed by atoms with Crippen LogP contribution in [0.3, 0.4) is 0 Å². The van der Waals surface area contributed by atoms with Crippen LogP contribution in [-0.4, -0.2) is 39.5 Å². The molecule has 1 aromatic heterocycles. The van der Waals surface area contributed by atoms with Crippen molar-refractivity contribution < 1.29 is 9.53 Å². The molecule has 7 heteroatoms. The Morgan fingerprint density at radius 3 is 2.51 bits per heavy atom. The molecular weight excluding hydrogens is 480 g/mol. The van der Waals surface area contributed by atoms with Crippen LogP contribution in [0.25, 0.3) is 11.3 Å². The summed E-state index contributed by atoms with van der Waals surface area (Å²) < 4.78 is 9.71. The number of nitrogens with one attached hydrogen (secondary N) is 1. The van der Waals surface area contributed by atoms with Crippen molar-refractivity contribution in [2.45, 2.75) is 76.8 Å². The van der Waals surface area contributed by atoms with Crippen LogP contribution in [0.2, 0.25) is 0 Å². The van der Waals surface area contributed by atoms with Gasteiger partial charge in [-0.3, -0.25) is 9.52 Å². The summed E-state index contributed by atoms with van der Waals surface area (Å²) in [5, 5.41) is 0. The van der Waals surface area contributed by atoms with Gasteiger partial charge in [0.15, 0.2) is 0 Å². The molecule has 0 radical (unpaired) electrons. The van der Waals surface area contributed by atoms with Gasteiger partial charge in [0.25, 0.3) is 5.91 Å². The first-order valence-corrected chi connectivity index (χ1v) is 14.1. The molecule has 37 heavy (non-hydrogen) atoms. The predicted octanol–water partition coefficient (Wildman–Crippen LogP) is 7.07. The van der Waals surface area contributed by atoms with Gasteiger partial charge in [0, 0.05) is 28.1 Å². The number of nitrogens with zero attached hydrogens (tertiary/aromatic N) is 3. The zero-order valence-electron chi connectivity index (χ0n) is 22.2. The van der Waals surface area contributed by atoms with E-state index in [-0.39, 0.29) is 18.0 Å². The topological polar surface area (TPSA) is 67.4 Å². The first-order valence-electron chi connectivity index (χ1n) is 13.3. The summed E-state index contributed by atoms with van der Waals surface area (Å²) >= 11 is 1.41. The second kappa shape index (κ2) is 11.1. The summed E-state index contributed by atoms with van der Waals surface area (Å²) in [7, 11) is 0. The second-order valence-corrected chi connectivity index (χ2v) is 11.5. The molecule has 1 aliphatic heterocycles. The number of anilines is 1. The maximum Gasteiger partial charge on any atom is 0.254 e. The van der Waals surface area contributed by atoms with E-state index in [1.54, 1.807) is 0 Å². The fourth-order valence-corrected chi connectivity index (χ4v) is 6.27. The molecule has 0 spiro atoms. The number of ether oxygens (including phenoxy) is 1. The number of carbonyl (C=O) groups excluding carboxylic acids is 1. The molecule has 1 N–H and O–H groups in total. The van der Waals surface area contributed by atoms with Gasteiger partial charge in [0.1, 0.15) is 6.61 Å². The summed E-state index contributed by atoms with van der Waals surface area (Å²) in [6.45, 7) is 9.02. The Bertz CT molecular complexity index is 1250. The zero-order chi connectivity index (χ0) is 25.9. The van der Waals surface area contributed by atoms with Gasteiger partial charge in [-0.2, -0.15) is 4.98 Å². The molecule has 1 saturated carbocycles. The molecule has 5 rings (SSSR count). The molecule has 2 heterocycles. The van der Waals surface area contributed by atoms with E-state index in [9.17, 15) is 4.79 Å². The van der Waals surface area contributed by atoms with Crippen molar-refractivity contribution in [3.8, 4) is 17.1 Å². The summed E-state index contributed by atoms with van der Waals surface area (Å²) in [6.07, 6.45) is 5.29. The van der Waals surface area contributed by atoms with Crippen molar-refractivity contribution >= 4 is 23.8 Å². The fraction of sp³-hybridized carbons (Fsp3) is 0.433. The molecule has 0 unspecified atom stereocenters. The highest BCUT2D eigenvalue weighted by atomic mass is 32.2. The highest BCUT2D eigenvalue weighted by Gasteiger charge is 2.34. The summed E-state index contributed by atoms with van der Waals surface area (Å²) in [6, 6.07) is 16.3. The van der Waals surface area contributed by atoms with E-state index >= 15 is 0 Å². The number of aryl methyl sites for hydroxylation is 2. The zero-order valence-corrected chi connectivity index (χ0v) is 23.0. The summed E-state index contributed by atoms with van der Waals surface area (Å²) in [5.41, 5.74) is 4.96. The molecule has 0 saturated heterocycles. The van der Waals surface area contributed by atoms with Gasteiger partial charge in [-0.15, -0.1) is 0 Å². The minimum Gasteiger partial charge on any atom is -0.475 e. The Kier molecular flexibility index (Phi) is 7.70. The van der Waals surface area contributed by atoms with Gasteiger partial charge >= 0.3 is 0 Å². The lowest BCUT2D eigenvalue weighted by Crippen LogP contribution is -2.49. The second-order valence-electron chi connectivity index (χ2n) is 10.7. The molecule has 3 aromatic rings. The Morgan fingerprint density at radius 1 is 1.05 bits per heavy atom. The fourth-order valence-electron chi connectivity index (χ4n) is 5.64. The van der Waals surface area contributed by atoms with E-state index in [1.807, 2.05) is 30.3 Å². The maximum absolute atomic E-state index is 14.0. The van der Waals surface area contributed by atoms with Gasteiger partial charge in [-0.05, 0) is 80.3 Å². The number of amides is 1. The number of fused-ring (bicyclic) bond motifs is 4. The van der Waals surface area contributed by atoms with Crippen molar-refractivity contribution in [3.05, 3.63) is 65.2 Å². The number of benzene rings is 2. The van der Waals surface area contributed by atoms with E-state index in [0.29, 0.717) is 24.4 Å². The monoisotopic (exact) mass is 516 g/mol. The molecule has 1 aliphatic carbocycles. The first-order chi connectivity index (χ1) is 17.9. The third kappa shape index (κ3) is 5.77. The van der Waals surface area contributed by atoms with Crippen molar-refractivity contribution in [2.75, 3.05) is 11.3 Å². The van der Waals surface area contributed by atoms with Crippen LogP contribution in [0.15, 0.2) is 53.4 Å². The van der Waals surface area contributed by atoms with Crippen molar-refractivity contribution in [1.29, 1.82) is 0 Å². The Labute approximate surface area is 224 Å². The lowest BCUT2D eigenvalue weighted by Gasteiger charge is -2.37. The lowest BCUT2D eigenvalue weighted by molar-refractivity contribution is 0.0447. The molecule has 1 amide bonds. The summed E-state index contributed by atoms with van der Waals surface area (Å²) in [4.78, 5) is 26.6. The minimum absolute atomic E-state index is 0.0392. The molecule has 2 aliphatic rings. The molecular formula is C30H36N4O2S. The van der Waals surface area contributed by atoms with Gasteiger partial charge in [0.05, 0.1) is 11.7 Å². The molecule has 6 nitrogen and oxygen atoms in total. The Balaban J connectivity index is 1.59. The third-order valence-electron chi connectivity index (χ3n) is 7.29. The van der Waals surface area contributed by atoms with Crippen molar-refractivity contribution in [1.82, 2.24) is 14.9 Å². The SMILES string of the molecule is Cc1cccc(C)c1-c1cc2nc(n1)NSc1cccc(c1)C(=O)N(C1CCCC1)[C@H](CC(C)C)CO2. The van der Waals surface area contributed by atoms with Gasteiger partial charge in [-0.25, -0.2) is 4.98 Å². The van der Waals surface area contributed by atoms with Crippen molar-refractivity contribution in [2.24, 2.45) is 5.92 Å². The van der Waals surface area contributed by atoms with Gasteiger partial charge < -0.3 is 9.64 Å². The molecule has 2 aromatic carbocycles. The normalized spacial score (nSPS) is 18.6. The number of aromatic nitrogens is 2. The maximum atomic E-state index is 14.0. The molecule has 1 fully saturated rings. The van der Waals surface area contributed by atoms with E-state index < -0.39 is 0 Å². The van der Waals surface area contributed by atoms with E-state index in [2.05, 4.69) is 55.5 Å².